The number of ether oxygens (including phenoxy) is 2. The summed E-state index contributed by atoms with van der Waals surface area (Å²) in [4.78, 5) is 9.12. The molecular weight excluding hydrogens is 256 g/mol. The van der Waals surface area contributed by atoms with Crippen molar-refractivity contribution < 1.29 is 9.47 Å². The van der Waals surface area contributed by atoms with Crippen molar-refractivity contribution in [3.8, 4) is 5.82 Å². The highest BCUT2D eigenvalue weighted by atomic mass is 16.5. The molecule has 3 rings (SSSR count). The molecule has 20 heavy (non-hydrogen) atoms. The smallest absolute Gasteiger partial charge is 0.177 e. The molecule has 0 bridgehead atoms. The van der Waals surface area contributed by atoms with E-state index in [4.69, 9.17) is 9.47 Å². The Balaban J connectivity index is 2.02. The molecule has 0 aromatic carbocycles. The highest BCUT2D eigenvalue weighted by molar-refractivity contribution is 5.26. The molecule has 1 aliphatic rings. The van der Waals surface area contributed by atoms with E-state index in [1.54, 1.807) is 7.11 Å². The van der Waals surface area contributed by atoms with Crippen LogP contribution in [-0.2, 0) is 16.1 Å². The molecule has 0 spiro atoms. The van der Waals surface area contributed by atoms with Crippen LogP contribution < -0.4 is 0 Å². The first kappa shape index (κ1) is 13.2. The Labute approximate surface area is 117 Å². The summed E-state index contributed by atoms with van der Waals surface area (Å²) in [6.07, 6.45) is 0.969. The molecule has 1 saturated heterocycles. The van der Waals surface area contributed by atoms with Crippen LogP contribution in [0.1, 0.15) is 29.7 Å². The predicted molar refractivity (Wildman–Crippen MR) is 72.8 cm³/mol. The van der Waals surface area contributed by atoms with Gasteiger partial charge in [-0.3, -0.25) is 0 Å². The second-order valence-corrected chi connectivity index (χ2v) is 4.93. The minimum Gasteiger partial charge on any atom is -0.381 e. The molecule has 6 nitrogen and oxygen atoms in total. The second-order valence-electron chi connectivity index (χ2n) is 4.93. The van der Waals surface area contributed by atoms with E-state index in [0.29, 0.717) is 19.0 Å². The lowest BCUT2D eigenvalue weighted by atomic mass is 10.1. The third-order valence-electron chi connectivity index (χ3n) is 3.33. The first-order valence-electron chi connectivity index (χ1n) is 6.74. The number of rotatable bonds is 4. The summed E-state index contributed by atoms with van der Waals surface area (Å²) in [5, 5.41) is 4.52. The number of pyridine rings is 1. The molecule has 0 saturated carbocycles. The number of aromatic nitrogens is 4. The van der Waals surface area contributed by atoms with Gasteiger partial charge in [0.1, 0.15) is 12.4 Å². The Morgan fingerprint density at radius 2 is 2.30 bits per heavy atom. The molecule has 1 fully saturated rings. The normalized spacial score (nSPS) is 18.6. The Bertz CT molecular complexity index is 591. The lowest BCUT2D eigenvalue weighted by Crippen LogP contribution is -2.10. The van der Waals surface area contributed by atoms with Crippen molar-refractivity contribution in [2.45, 2.75) is 25.9 Å². The van der Waals surface area contributed by atoms with Gasteiger partial charge in [0.2, 0.25) is 0 Å². The van der Waals surface area contributed by atoms with Crippen LogP contribution in [-0.4, -0.2) is 40.1 Å². The fourth-order valence-electron chi connectivity index (χ4n) is 2.38. The molecule has 6 heteroatoms. The van der Waals surface area contributed by atoms with Crippen LogP contribution in [0, 0.1) is 6.92 Å². The standard InChI is InChI=1S/C14H18N4O2/c1-10-4-3-5-13(15-10)18-14(11-6-7-20-8-11)16-12(17-18)9-19-2/h3-5,11H,6-9H2,1-2H3. The Morgan fingerprint density at radius 1 is 1.40 bits per heavy atom. The van der Waals surface area contributed by atoms with Gasteiger partial charge in [0.15, 0.2) is 11.6 Å². The van der Waals surface area contributed by atoms with Gasteiger partial charge in [0, 0.05) is 25.3 Å². The monoisotopic (exact) mass is 274 g/mol. The van der Waals surface area contributed by atoms with Gasteiger partial charge < -0.3 is 9.47 Å². The Kier molecular flexibility index (Phi) is 3.75. The summed E-state index contributed by atoms with van der Waals surface area (Å²) in [7, 11) is 1.64. The average molecular weight is 274 g/mol. The Morgan fingerprint density at radius 3 is 3.00 bits per heavy atom. The Hall–Kier alpha value is -1.79. The fraction of sp³-hybridized carbons (Fsp3) is 0.500. The zero-order chi connectivity index (χ0) is 13.9. The van der Waals surface area contributed by atoms with Crippen LogP contribution in [0.15, 0.2) is 18.2 Å². The van der Waals surface area contributed by atoms with Crippen molar-refractivity contribution in [1.29, 1.82) is 0 Å². The van der Waals surface area contributed by atoms with Gasteiger partial charge in [-0.25, -0.2) is 9.97 Å². The van der Waals surface area contributed by atoms with Crippen LogP contribution in [0.4, 0.5) is 0 Å². The quantitative estimate of drug-likeness (QED) is 0.847. The summed E-state index contributed by atoms with van der Waals surface area (Å²) in [5.74, 6) is 2.66. The van der Waals surface area contributed by atoms with E-state index in [-0.39, 0.29) is 5.92 Å². The summed E-state index contributed by atoms with van der Waals surface area (Å²) in [6.45, 7) is 3.84. The van der Waals surface area contributed by atoms with E-state index >= 15 is 0 Å². The molecule has 0 N–H and O–H groups in total. The molecule has 2 aromatic heterocycles. The highest BCUT2D eigenvalue weighted by Crippen LogP contribution is 2.25. The summed E-state index contributed by atoms with van der Waals surface area (Å²) in [6, 6.07) is 5.89. The third-order valence-corrected chi connectivity index (χ3v) is 3.33. The van der Waals surface area contributed by atoms with Crippen molar-refractivity contribution in [2.24, 2.45) is 0 Å². The number of hydrogen-bond acceptors (Lipinski definition) is 5. The minimum atomic E-state index is 0.274. The molecular formula is C14H18N4O2. The van der Waals surface area contributed by atoms with Crippen molar-refractivity contribution in [3.63, 3.8) is 0 Å². The van der Waals surface area contributed by atoms with Crippen molar-refractivity contribution in [3.05, 3.63) is 35.5 Å². The maximum absolute atomic E-state index is 5.46. The lowest BCUT2D eigenvalue weighted by Gasteiger charge is -2.09. The molecule has 1 aliphatic heterocycles. The highest BCUT2D eigenvalue weighted by Gasteiger charge is 2.25. The van der Waals surface area contributed by atoms with E-state index in [9.17, 15) is 0 Å². The molecule has 1 unspecified atom stereocenters. The molecule has 106 valence electrons. The van der Waals surface area contributed by atoms with Crippen molar-refractivity contribution in [2.75, 3.05) is 20.3 Å². The maximum atomic E-state index is 5.46. The van der Waals surface area contributed by atoms with Gasteiger partial charge in [-0.15, -0.1) is 5.10 Å². The van der Waals surface area contributed by atoms with Gasteiger partial charge in [0.25, 0.3) is 0 Å². The SMILES string of the molecule is COCc1nc(C2CCOC2)n(-c2cccc(C)n2)n1. The number of methoxy groups -OCH3 is 1. The first-order valence-corrected chi connectivity index (χ1v) is 6.74. The zero-order valence-electron chi connectivity index (χ0n) is 11.7. The van der Waals surface area contributed by atoms with Gasteiger partial charge >= 0.3 is 0 Å². The van der Waals surface area contributed by atoms with Crippen molar-refractivity contribution >= 4 is 0 Å². The lowest BCUT2D eigenvalue weighted by molar-refractivity contribution is 0.177. The van der Waals surface area contributed by atoms with Gasteiger partial charge in [-0.1, -0.05) is 6.07 Å². The predicted octanol–water partition coefficient (Wildman–Crippen LogP) is 1.62. The van der Waals surface area contributed by atoms with Crippen LogP contribution in [0.3, 0.4) is 0 Å². The molecule has 1 atom stereocenters. The van der Waals surface area contributed by atoms with Gasteiger partial charge in [0.05, 0.1) is 6.61 Å². The second kappa shape index (κ2) is 5.68. The number of nitrogens with zero attached hydrogens (tertiary/aromatic N) is 4. The van der Waals surface area contributed by atoms with Gasteiger partial charge in [-0.2, -0.15) is 4.68 Å². The number of hydrogen-bond donors (Lipinski definition) is 0. The first-order chi connectivity index (χ1) is 9.78. The fourth-order valence-corrected chi connectivity index (χ4v) is 2.38. The molecule has 3 heterocycles. The van der Waals surface area contributed by atoms with E-state index < -0.39 is 0 Å². The molecule has 0 amide bonds. The minimum absolute atomic E-state index is 0.274. The van der Waals surface area contributed by atoms with E-state index in [1.165, 1.54) is 0 Å². The molecule has 0 radical (unpaired) electrons. The summed E-state index contributed by atoms with van der Waals surface area (Å²) >= 11 is 0. The van der Waals surface area contributed by atoms with Crippen molar-refractivity contribution in [1.82, 2.24) is 19.7 Å². The van der Waals surface area contributed by atoms with Gasteiger partial charge in [-0.05, 0) is 25.5 Å². The van der Waals surface area contributed by atoms with E-state index in [1.807, 2.05) is 29.8 Å². The van der Waals surface area contributed by atoms with E-state index in [0.717, 1.165) is 30.4 Å². The third kappa shape index (κ3) is 2.57. The largest absolute Gasteiger partial charge is 0.381 e. The zero-order valence-corrected chi connectivity index (χ0v) is 11.7. The molecule has 2 aromatic rings. The van der Waals surface area contributed by atoms with Crippen LogP contribution in [0.2, 0.25) is 0 Å². The molecule has 0 aliphatic carbocycles. The summed E-state index contributed by atoms with van der Waals surface area (Å²) in [5.41, 5.74) is 0.958. The van der Waals surface area contributed by atoms with Crippen LogP contribution >= 0.6 is 0 Å². The maximum Gasteiger partial charge on any atom is 0.177 e. The van der Waals surface area contributed by atoms with Crippen LogP contribution in [0.25, 0.3) is 5.82 Å². The van der Waals surface area contributed by atoms with Crippen LogP contribution in [0.5, 0.6) is 0 Å². The number of aryl methyl sites for hydroxylation is 1. The topological polar surface area (TPSA) is 62.1 Å². The summed E-state index contributed by atoms with van der Waals surface area (Å²) < 4.78 is 12.4. The van der Waals surface area contributed by atoms with E-state index in [2.05, 4.69) is 15.1 Å². The average Bonchev–Trinajstić information content (AvgIpc) is 3.07.